The van der Waals surface area contributed by atoms with Gasteiger partial charge in [-0.15, -0.1) is 0 Å². The van der Waals surface area contributed by atoms with Gasteiger partial charge in [-0.25, -0.2) is 9.97 Å². The number of benzene rings is 12. The summed E-state index contributed by atoms with van der Waals surface area (Å²) in [6.45, 7) is 9.42. The molecule has 3 aromatic heterocycles. The molecule has 0 saturated carbocycles. The van der Waals surface area contributed by atoms with Crippen molar-refractivity contribution in [3.05, 3.63) is 301 Å². The molecule has 0 saturated heterocycles. The first-order valence-corrected chi connectivity index (χ1v) is 29.9. The van der Waals surface area contributed by atoms with Crippen molar-refractivity contribution in [3.8, 4) is 101 Å². The van der Waals surface area contributed by atoms with Crippen LogP contribution >= 0.6 is 0 Å². The van der Waals surface area contributed by atoms with E-state index in [1.165, 1.54) is 88.7 Å². The lowest BCUT2D eigenvalue weighted by molar-refractivity contribution is 0.660. The zero-order chi connectivity index (χ0) is 57.4. The van der Waals surface area contributed by atoms with E-state index in [1.54, 1.807) is 0 Å². The maximum Gasteiger partial charge on any atom is 0.235 e. The standard InChI is InChI=1S/C82H58N4/c1-81(2)70-28-12-8-24-62(70)64-40-36-57(48-72(64)81)55-38-42-78-68(46-55)66-26-10-14-30-76(66)85(78)61-23-17-22-60(45-61)75-50-74(59-21-16-20-54(44-59)53-34-32-52(33-35-53)51-18-6-5-7-19-51)83-80(84-75)86-77-31-15-11-27-67(77)69-47-56(39-43-79(69)86)58-37-41-65-63-25-9-13-29-71(63)82(3,4)73(65)49-58/h5-50H,1-4H3. The molecule has 2 aliphatic carbocycles. The fraction of sp³-hybridized carbons (Fsp3) is 0.0732. The van der Waals surface area contributed by atoms with E-state index in [0.717, 1.165) is 72.2 Å². The SMILES string of the molecule is CC1(C)c2ccccc2-c2ccc(-c3ccc4c(c3)c3ccccc3n4-c3cccc(-c4cc(-c5cccc(-c6ccc(-c7ccccc7)cc6)c5)nc(-n5c6ccccc6c6cc(-c7ccc8c(c7)C(C)(C)c7ccccc7-8)ccc65)n4)c3)cc21. The van der Waals surface area contributed by atoms with Gasteiger partial charge in [0.15, 0.2) is 0 Å². The number of fused-ring (bicyclic) bond motifs is 12. The summed E-state index contributed by atoms with van der Waals surface area (Å²) in [6.07, 6.45) is 0. The fourth-order valence-electron chi connectivity index (χ4n) is 14.5. The van der Waals surface area contributed by atoms with Gasteiger partial charge in [0.2, 0.25) is 5.95 Å². The Bertz CT molecular complexity index is 5280. The van der Waals surface area contributed by atoms with E-state index >= 15 is 0 Å². The van der Waals surface area contributed by atoms with Gasteiger partial charge in [-0.3, -0.25) is 4.57 Å². The highest BCUT2D eigenvalue weighted by Gasteiger charge is 2.37. The fourth-order valence-corrected chi connectivity index (χ4v) is 14.5. The molecule has 4 nitrogen and oxygen atoms in total. The Morgan fingerprint density at radius 3 is 1.22 bits per heavy atom. The van der Waals surface area contributed by atoms with Gasteiger partial charge in [-0.1, -0.05) is 234 Å². The summed E-state index contributed by atoms with van der Waals surface area (Å²) < 4.78 is 4.69. The van der Waals surface area contributed by atoms with Crippen molar-refractivity contribution < 1.29 is 0 Å². The van der Waals surface area contributed by atoms with Crippen LogP contribution in [0.15, 0.2) is 279 Å². The number of aromatic nitrogens is 4. The molecule has 0 N–H and O–H groups in total. The van der Waals surface area contributed by atoms with Crippen LogP contribution in [0.5, 0.6) is 0 Å². The molecule has 86 heavy (non-hydrogen) atoms. The molecule has 0 radical (unpaired) electrons. The number of hydrogen-bond donors (Lipinski definition) is 0. The number of nitrogens with zero attached hydrogens (tertiary/aromatic N) is 4. The molecule has 15 aromatic rings. The molecule has 0 spiro atoms. The number of hydrogen-bond acceptors (Lipinski definition) is 2. The Morgan fingerprint density at radius 1 is 0.244 bits per heavy atom. The van der Waals surface area contributed by atoms with Crippen LogP contribution < -0.4 is 0 Å². The van der Waals surface area contributed by atoms with Crippen LogP contribution in [0.1, 0.15) is 49.9 Å². The van der Waals surface area contributed by atoms with Gasteiger partial charge in [0.25, 0.3) is 0 Å². The Hall–Kier alpha value is -10.7. The van der Waals surface area contributed by atoms with Gasteiger partial charge in [-0.2, -0.15) is 0 Å². The summed E-state index contributed by atoms with van der Waals surface area (Å²) in [4.78, 5) is 11.2. The average Bonchev–Trinajstić information content (AvgIpc) is 2.20. The average molecular weight is 1100 g/mol. The lowest BCUT2D eigenvalue weighted by Crippen LogP contribution is -2.14. The van der Waals surface area contributed by atoms with Crippen LogP contribution in [0, 0.1) is 0 Å². The summed E-state index contributed by atoms with van der Waals surface area (Å²) >= 11 is 0. The van der Waals surface area contributed by atoms with E-state index in [4.69, 9.17) is 9.97 Å². The summed E-state index contributed by atoms with van der Waals surface area (Å²) in [5.41, 5.74) is 29.3. The molecule has 2 aliphatic rings. The maximum atomic E-state index is 5.63. The predicted octanol–water partition coefficient (Wildman–Crippen LogP) is 21.3. The van der Waals surface area contributed by atoms with Crippen molar-refractivity contribution in [1.29, 1.82) is 0 Å². The Labute approximate surface area is 500 Å². The lowest BCUT2D eigenvalue weighted by Gasteiger charge is -2.22. The van der Waals surface area contributed by atoms with Gasteiger partial charge in [-0.05, 0) is 162 Å². The largest absolute Gasteiger partial charge is 0.309 e. The van der Waals surface area contributed by atoms with Gasteiger partial charge >= 0.3 is 0 Å². The monoisotopic (exact) mass is 1100 g/mol. The van der Waals surface area contributed by atoms with Crippen LogP contribution in [0.25, 0.3) is 145 Å². The molecule has 406 valence electrons. The minimum Gasteiger partial charge on any atom is -0.309 e. The zero-order valence-corrected chi connectivity index (χ0v) is 48.3. The van der Waals surface area contributed by atoms with Gasteiger partial charge in [0.05, 0.1) is 33.5 Å². The molecule has 0 fully saturated rings. The highest BCUT2D eigenvalue weighted by molar-refractivity contribution is 6.12. The molecule has 17 rings (SSSR count). The first-order chi connectivity index (χ1) is 42.1. The molecule has 0 amide bonds. The molecule has 12 aromatic carbocycles. The Balaban J connectivity index is 0.805. The van der Waals surface area contributed by atoms with E-state index in [-0.39, 0.29) is 10.8 Å². The van der Waals surface area contributed by atoms with E-state index in [1.807, 2.05) is 0 Å². The van der Waals surface area contributed by atoms with Crippen LogP contribution in [0.2, 0.25) is 0 Å². The highest BCUT2D eigenvalue weighted by Crippen LogP contribution is 2.52. The third kappa shape index (κ3) is 7.69. The molecular weight excluding hydrogens is 1040 g/mol. The normalized spacial score (nSPS) is 13.5. The maximum absolute atomic E-state index is 5.63. The van der Waals surface area contributed by atoms with Crippen molar-refractivity contribution >= 4 is 43.6 Å². The van der Waals surface area contributed by atoms with Crippen LogP contribution in [-0.2, 0) is 10.8 Å². The molecule has 3 heterocycles. The Kier molecular flexibility index (Phi) is 11.0. The van der Waals surface area contributed by atoms with E-state index < -0.39 is 0 Å². The Morgan fingerprint density at radius 2 is 0.628 bits per heavy atom. The molecule has 0 bridgehead atoms. The minimum absolute atomic E-state index is 0.0819. The van der Waals surface area contributed by atoms with Crippen molar-refractivity contribution in [1.82, 2.24) is 19.1 Å². The summed E-state index contributed by atoms with van der Waals surface area (Å²) in [5, 5.41) is 4.73. The van der Waals surface area contributed by atoms with Crippen molar-refractivity contribution in [2.45, 2.75) is 38.5 Å². The van der Waals surface area contributed by atoms with Gasteiger partial charge in [0.1, 0.15) is 0 Å². The van der Waals surface area contributed by atoms with Crippen molar-refractivity contribution in [2.75, 3.05) is 0 Å². The van der Waals surface area contributed by atoms with Crippen LogP contribution in [0.3, 0.4) is 0 Å². The van der Waals surface area contributed by atoms with Crippen molar-refractivity contribution in [2.24, 2.45) is 0 Å². The lowest BCUT2D eigenvalue weighted by atomic mass is 9.81. The van der Waals surface area contributed by atoms with Crippen LogP contribution in [-0.4, -0.2) is 19.1 Å². The second kappa shape index (κ2) is 18.9. The summed E-state index contributed by atoms with van der Waals surface area (Å²) in [6, 6.07) is 103. The zero-order valence-electron chi connectivity index (χ0n) is 48.3. The third-order valence-electron chi connectivity index (χ3n) is 19.0. The molecule has 0 aliphatic heterocycles. The van der Waals surface area contributed by atoms with Gasteiger partial charge < -0.3 is 4.57 Å². The smallest absolute Gasteiger partial charge is 0.235 e. The van der Waals surface area contributed by atoms with E-state index in [0.29, 0.717) is 5.95 Å². The summed E-state index contributed by atoms with van der Waals surface area (Å²) in [7, 11) is 0. The summed E-state index contributed by atoms with van der Waals surface area (Å²) in [5.74, 6) is 0.611. The molecule has 0 atom stereocenters. The predicted molar refractivity (Wildman–Crippen MR) is 358 cm³/mol. The second-order valence-electron chi connectivity index (χ2n) is 24.5. The second-order valence-corrected chi connectivity index (χ2v) is 24.5. The third-order valence-corrected chi connectivity index (χ3v) is 19.0. The number of para-hydroxylation sites is 2. The number of rotatable bonds is 8. The molecule has 4 heteroatoms. The van der Waals surface area contributed by atoms with Gasteiger partial charge in [0, 0.05) is 49.2 Å². The minimum atomic E-state index is -0.0999. The van der Waals surface area contributed by atoms with Crippen LogP contribution in [0.4, 0.5) is 0 Å². The first kappa shape index (κ1) is 49.9. The quantitative estimate of drug-likeness (QED) is 0.152. The topological polar surface area (TPSA) is 35.6 Å². The molecular formula is C82H58N4. The van der Waals surface area contributed by atoms with Crippen molar-refractivity contribution in [3.63, 3.8) is 0 Å². The first-order valence-electron chi connectivity index (χ1n) is 29.9. The van der Waals surface area contributed by atoms with E-state index in [2.05, 4.69) is 316 Å². The highest BCUT2D eigenvalue weighted by atomic mass is 15.2. The molecule has 0 unspecified atom stereocenters. The van der Waals surface area contributed by atoms with E-state index in [9.17, 15) is 0 Å².